The Labute approximate surface area is 167 Å². The van der Waals surface area contributed by atoms with E-state index in [0.29, 0.717) is 19.6 Å². The van der Waals surface area contributed by atoms with E-state index >= 15 is 0 Å². The van der Waals surface area contributed by atoms with Gasteiger partial charge in [0.25, 0.3) is 0 Å². The third-order valence-corrected chi connectivity index (χ3v) is 6.22. The number of thiazole rings is 1. The summed E-state index contributed by atoms with van der Waals surface area (Å²) in [5, 5.41) is 2.61. The van der Waals surface area contributed by atoms with Gasteiger partial charge in [0.15, 0.2) is 0 Å². The van der Waals surface area contributed by atoms with E-state index in [2.05, 4.69) is 17.1 Å². The Kier molecular flexibility index (Phi) is 5.50. The maximum absolute atomic E-state index is 13.4. The van der Waals surface area contributed by atoms with E-state index in [1.807, 2.05) is 34.5 Å². The summed E-state index contributed by atoms with van der Waals surface area (Å²) in [5.74, 6) is 0.313. The van der Waals surface area contributed by atoms with Crippen LogP contribution in [0.1, 0.15) is 17.2 Å². The first-order valence-electron chi connectivity index (χ1n) is 9.37. The molecule has 0 bridgehead atoms. The molecule has 1 fully saturated rings. The average Bonchev–Trinajstić information content (AvgIpc) is 3.36. The second kappa shape index (κ2) is 8.20. The normalized spacial score (nSPS) is 19.1. The molecule has 144 valence electrons. The van der Waals surface area contributed by atoms with Crippen LogP contribution in [0.4, 0.5) is 4.39 Å². The lowest BCUT2D eigenvalue weighted by atomic mass is 9.89. The third-order valence-electron chi connectivity index (χ3n) is 5.28. The Morgan fingerprint density at radius 2 is 2.00 bits per heavy atom. The zero-order valence-electron chi connectivity index (χ0n) is 15.4. The fraction of sp³-hybridized carbons (Fsp3) is 0.273. The molecule has 0 radical (unpaired) electrons. The number of rotatable bonds is 5. The van der Waals surface area contributed by atoms with Crippen LogP contribution in [-0.2, 0) is 11.2 Å². The van der Waals surface area contributed by atoms with Crippen molar-refractivity contribution in [3.8, 4) is 10.6 Å². The van der Waals surface area contributed by atoms with Crippen molar-refractivity contribution in [3.63, 3.8) is 0 Å². The number of likely N-dealkylation sites (tertiary alicyclic amines) is 1. The van der Waals surface area contributed by atoms with Crippen LogP contribution in [0.5, 0.6) is 0 Å². The van der Waals surface area contributed by atoms with Crippen LogP contribution in [0.25, 0.3) is 10.6 Å². The van der Waals surface area contributed by atoms with Gasteiger partial charge in [-0.1, -0.05) is 42.5 Å². The van der Waals surface area contributed by atoms with Crippen LogP contribution >= 0.6 is 11.3 Å². The van der Waals surface area contributed by atoms with Gasteiger partial charge in [-0.25, -0.2) is 9.37 Å². The minimum Gasteiger partial charge on any atom is -0.341 e. The van der Waals surface area contributed by atoms with Crippen molar-refractivity contribution in [1.29, 1.82) is 0 Å². The molecule has 1 aliphatic rings. The Hall–Kier alpha value is -2.57. The largest absolute Gasteiger partial charge is 0.341 e. The maximum Gasteiger partial charge on any atom is 0.228 e. The molecule has 28 heavy (non-hydrogen) atoms. The van der Waals surface area contributed by atoms with E-state index in [1.165, 1.54) is 29.0 Å². The monoisotopic (exact) mass is 395 g/mol. The summed E-state index contributed by atoms with van der Waals surface area (Å²) in [5.41, 5.74) is 8.67. The van der Waals surface area contributed by atoms with Gasteiger partial charge >= 0.3 is 0 Å². The maximum atomic E-state index is 13.4. The molecule has 2 atom stereocenters. The van der Waals surface area contributed by atoms with E-state index in [9.17, 15) is 9.18 Å². The van der Waals surface area contributed by atoms with E-state index < -0.39 is 0 Å². The number of aromatic nitrogens is 1. The highest BCUT2D eigenvalue weighted by Crippen LogP contribution is 2.32. The van der Waals surface area contributed by atoms with Gasteiger partial charge in [0.05, 0.1) is 12.1 Å². The number of amides is 1. The van der Waals surface area contributed by atoms with Crippen molar-refractivity contribution < 1.29 is 9.18 Å². The van der Waals surface area contributed by atoms with Crippen LogP contribution in [-0.4, -0.2) is 35.4 Å². The van der Waals surface area contributed by atoms with Gasteiger partial charge in [-0.05, 0) is 30.2 Å². The number of hydrogen-bond acceptors (Lipinski definition) is 4. The Morgan fingerprint density at radius 1 is 1.18 bits per heavy atom. The lowest BCUT2D eigenvalue weighted by Crippen LogP contribution is -2.31. The van der Waals surface area contributed by atoms with Crippen molar-refractivity contribution >= 4 is 17.2 Å². The standard InChI is InChI=1S/C22H22FN3OS/c23-18-8-4-7-16(9-18)22-25-19(14-28-22)10-21(27)26-12-17(11-24)20(13-26)15-5-2-1-3-6-15/h1-9,14,17,20H,10-13,24H2/t17-,20+/m1/s1. The topological polar surface area (TPSA) is 59.2 Å². The number of carbonyl (C=O) groups is 1. The molecular weight excluding hydrogens is 373 g/mol. The number of hydrogen-bond donors (Lipinski definition) is 1. The molecule has 1 aliphatic heterocycles. The van der Waals surface area contributed by atoms with Crippen LogP contribution in [0.3, 0.4) is 0 Å². The summed E-state index contributed by atoms with van der Waals surface area (Å²) in [6.45, 7) is 1.92. The molecule has 0 unspecified atom stereocenters. The van der Waals surface area contributed by atoms with Gasteiger partial charge in [0, 0.05) is 30.0 Å². The first-order chi connectivity index (χ1) is 13.6. The minimum atomic E-state index is -0.290. The van der Waals surface area contributed by atoms with E-state index in [1.54, 1.807) is 6.07 Å². The molecule has 0 saturated carbocycles. The second-order valence-corrected chi connectivity index (χ2v) is 8.00. The van der Waals surface area contributed by atoms with Crippen molar-refractivity contribution in [2.45, 2.75) is 12.3 Å². The number of nitrogens with zero attached hydrogens (tertiary/aromatic N) is 2. The SMILES string of the molecule is NC[C@@H]1CN(C(=O)Cc2csc(-c3cccc(F)c3)n2)C[C@H]1c1ccccc1. The van der Waals surface area contributed by atoms with Crippen molar-refractivity contribution in [2.75, 3.05) is 19.6 Å². The smallest absolute Gasteiger partial charge is 0.228 e. The van der Waals surface area contributed by atoms with Crippen molar-refractivity contribution in [3.05, 3.63) is 77.1 Å². The number of halogens is 1. The molecule has 2 N–H and O–H groups in total. The van der Waals surface area contributed by atoms with Gasteiger partial charge in [-0.15, -0.1) is 11.3 Å². The van der Waals surface area contributed by atoms with Gasteiger partial charge in [0.1, 0.15) is 10.8 Å². The molecule has 4 rings (SSSR count). The highest BCUT2D eigenvalue weighted by atomic mass is 32.1. The Bertz CT molecular complexity index is 959. The lowest BCUT2D eigenvalue weighted by Gasteiger charge is -2.16. The van der Waals surface area contributed by atoms with Crippen molar-refractivity contribution in [1.82, 2.24) is 9.88 Å². The van der Waals surface area contributed by atoms with Crippen LogP contribution in [0.15, 0.2) is 60.0 Å². The van der Waals surface area contributed by atoms with Gasteiger partial charge < -0.3 is 10.6 Å². The molecule has 2 heterocycles. The highest BCUT2D eigenvalue weighted by molar-refractivity contribution is 7.13. The molecule has 6 heteroatoms. The fourth-order valence-corrected chi connectivity index (χ4v) is 4.62. The fourth-order valence-electron chi connectivity index (χ4n) is 3.80. The molecular formula is C22H22FN3OS. The first-order valence-corrected chi connectivity index (χ1v) is 10.2. The molecule has 0 aliphatic carbocycles. The number of nitrogens with two attached hydrogens (primary N) is 1. The van der Waals surface area contributed by atoms with Gasteiger partial charge in [-0.3, -0.25) is 4.79 Å². The van der Waals surface area contributed by atoms with E-state index in [4.69, 9.17) is 5.73 Å². The quantitative estimate of drug-likeness (QED) is 0.717. The summed E-state index contributed by atoms with van der Waals surface area (Å²) < 4.78 is 13.4. The molecule has 1 amide bonds. The average molecular weight is 396 g/mol. The highest BCUT2D eigenvalue weighted by Gasteiger charge is 2.35. The number of benzene rings is 2. The molecule has 4 nitrogen and oxygen atoms in total. The number of carbonyl (C=O) groups excluding carboxylic acids is 1. The Balaban J connectivity index is 1.44. The van der Waals surface area contributed by atoms with Gasteiger partial charge in [-0.2, -0.15) is 0 Å². The van der Waals surface area contributed by atoms with Crippen molar-refractivity contribution in [2.24, 2.45) is 11.7 Å². The first kappa shape index (κ1) is 18.8. The van der Waals surface area contributed by atoms with E-state index in [0.717, 1.165) is 16.3 Å². The summed E-state index contributed by atoms with van der Waals surface area (Å²) in [6, 6.07) is 16.6. The van der Waals surface area contributed by atoms with Gasteiger partial charge in [0.2, 0.25) is 5.91 Å². The summed E-state index contributed by atoms with van der Waals surface area (Å²) in [6.07, 6.45) is 0.255. The van der Waals surface area contributed by atoms with Crippen LogP contribution < -0.4 is 5.73 Å². The Morgan fingerprint density at radius 3 is 2.75 bits per heavy atom. The second-order valence-electron chi connectivity index (χ2n) is 7.14. The summed E-state index contributed by atoms with van der Waals surface area (Å²) in [4.78, 5) is 19.3. The zero-order valence-corrected chi connectivity index (χ0v) is 16.2. The predicted octanol–water partition coefficient (Wildman–Crippen LogP) is 3.69. The molecule has 0 spiro atoms. The summed E-state index contributed by atoms with van der Waals surface area (Å²) in [7, 11) is 0. The molecule has 2 aromatic carbocycles. The van der Waals surface area contributed by atoms with E-state index in [-0.39, 0.29) is 30.0 Å². The lowest BCUT2D eigenvalue weighted by molar-refractivity contribution is -0.129. The zero-order chi connectivity index (χ0) is 19.5. The van der Waals surface area contributed by atoms with Crippen LogP contribution in [0, 0.1) is 11.7 Å². The minimum absolute atomic E-state index is 0.0629. The molecule has 3 aromatic rings. The molecule has 1 aromatic heterocycles. The third kappa shape index (κ3) is 3.98. The summed E-state index contributed by atoms with van der Waals surface area (Å²) >= 11 is 1.43. The predicted molar refractivity (Wildman–Crippen MR) is 110 cm³/mol. The molecule has 1 saturated heterocycles. The van der Waals surface area contributed by atoms with Crippen LogP contribution in [0.2, 0.25) is 0 Å².